The minimum Gasteiger partial charge on any atom is -0.265 e. The molecule has 1 aliphatic rings. The number of pyridine rings is 2. The molecule has 0 bridgehead atoms. The molecule has 0 saturated carbocycles. The first-order chi connectivity index (χ1) is 19.3. The van der Waals surface area contributed by atoms with Crippen molar-refractivity contribution < 1.29 is 5.21 Å². The molecular formula is C35H24N3O. The average Bonchev–Trinajstić information content (AvgIpc) is 3.03. The summed E-state index contributed by atoms with van der Waals surface area (Å²) >= 11 is 0. The van der Waals surface area contributed by atoms with Crippen LogP contribution >= 0.6 is 0 Å². The van der Waals surface area contributed by atoms with Crippen LogP contribution in [0.4, 0.5) is 11.4 Å². The minimum absolute atomic E-state index is 0.639. The Bertz CT molecular complexity index is 1720. The van der Waals surface area contributed by atoms with Gasteiger partial charge in [-0.05, 0) is 87.0 Å². The maximum absolute atomic E-state index is 14.2. The van der Waals surface area contributed by atoms with Gasteiger partial charge in [0.25, 0.3) is 0 Å². The number of aromatic nitrogens is 2. The first-order valence-corrected chi connectivity index (χ1v) is 12.9. The SMILES string of the molecule is [O]N1c2cc(-c3ccncc3)ccc2C(c2ccccc2)(c2ccccc2)c2cc(-c3ccncc3)ccc21. The summed E-state index contributed by atoms with van der Waals surface area (Å²) in [7, 11) is 0. The Hall–Kier alpha value is -5.06. The molecule has 1 aliphatic heterocycles. The number of nitrogens with zero attached hydrogens (tertiary/aromatic N) is 3. The molecule has 4 aromatic carbocycles. The molecule has 0 aliphatic carbocycles. The highest BCUT2D eigenvalue weighted by molar-refractivity contribution is 5.86. The van der Waals surface area contributed by atoms with E-state index in [0.29, 0.717) is 11.4 Å². The maximum atomic E-state index is 14.2. The second-order valence-electron chi connectivity index (χ2n) is 9.71. The van der Waals surface area contributed by atoms with Crippen molar-refractivity contribution >= 4 is 11.4 Å². The third kappa shape index (κ3) is 3.65. The topological polar surface area (TPSA) is 48.9 Å². The summed E-state index contributed by atoms with van der Waals surface area (Å²) < 4.78 is 0. The van der Waals surface area contributed by atoms with E-state index in [2.05, 4.69) is 76.7 Å². The molecular weight excluding hydrogens is 478 g/mol. The van der Waals surface area contributed by atoms with Crippen molar-refractivity contribution in [3.05, 3.63) is 168 Å². The Balaban J connectivity index is 1.59. The summed E-state index contributed by atoms with van der Waals surface area (Å²) in [5, 5.41) is 15.3. The molecule has 39 heavy (non-hydrogen) atoms. The van der Waals surface area contributed by atoms with Gasteiger partial charge in [-0.25, -0.2) is 0 Å². The summed E-state index contributed by atoms with van der Waals surface area (Å²) in [6.07, 6.45) is 7.15. The van der Waals surface area contributed by atoms with Gasteiger partial charge in [0.05, 0.1) is 16.8 Å². The van der Waals surface area contributed by atoms with Crippen LogP contribution < -0.4 is 5.06 Å². The van der Waals surface area contributed by atoms with Crippen LogP contribution in [-0.4, -0.2) is 9.97 Å². The second-order valence-corrected chi connectivity index (χ2v) is 9.71. The minimum atomic E-state index is -0.700. The van der Waals surface area contributed by atoms with E-state index in [-0.39, 0.29) is 0 Å². The van der Waals surface area contributed by atoms with Crippen LogP contribution in [0.25, 0.3) is 22.3 Å². The molecule has 0 atom stereocenters. The molecule has 0 N–H and O–H groups in total. The standard InChI is InChI=1S/C35H24N3O/c39-38-33-14-12-27(25-15-19-36-20-16-25)23-32(33)35(29-7-3-1-4-8-29,30-9-5-2-6-10-30)31-13-11-28(24-34(31)38)26-17-21-37-22-18-26/h1-24H. The zero-order valence-corrected chi connectivity index (χ0v) is 21.1. The van der Waals surface area contributed by atoms with E-state index in [9.17, 15) is 5.21 Å². The number of rotatable bonds is 4. The van der Waals surface area contributed by atoms with Crippen LogP contribution in [0.3, 0.4) is 0 Å². The number of hydrogen-bond donors (Lipinski definition) is 0. The van der Waals surface area contributed by atoms with E-state index in [4.69, 9.17) is 0 Å². The van der Waals surface area contributed by atoms with Gasteiger partial charge in [-0.15, -0.1) is 0 Å². The third-order valence-electron chi connectivity index (χ3n) is 7.68. The predicted molar refractivity (Wildman–Crippen MR) is 154 cm³/mol. The molecule has 0 amide bonds. The molecule has 3 heterocycles. The number of benzene rings is 4. The lowest BCUT2D eigenvalue weighted by molar-refractivity contribution is 0.192. The molecule has 6 aromatic rings. The summed E-state index contributed by atoms with van der Waals surface area (Å²) in [5.74, 6) is 0. The van der Waals surface area contributed by atoms with Crippen LogP contribution in [0.15, 0.2) is 146 Å². The largest absolute Gasteiger partial charge is 0.265 e. The van der Waals surface area contributed by atoms with E-state index >= 15 is 0 Å². The molecule has 4 nitrogen and oxygen atoms in total. The Labute approximate surface area is 227 Å². The highest BCUT2D eigenvalue weighted by Crippen LogP contribution is 2.56. The smallest absolute Gasteiger partial charge is 0.0781 e. The zero-order chi connectivity index (χ0) is 26.2. The number of anilines is 2. The molecule has 4 heteroatoms. The molecule has 0 spiro atoms. The van der Waals surface area contributed by atoms with Crippen molar-refractivity contribution in [3.8, 4) is 22.3 Å². The quantitative estimate of drug-likeness (QED) is 0.245. The highest BCUT2D eigenvalue weighted by atomic mass is 16.5. The normalized spacial score (nSPS) is 13.4. The fourth-order valence-corrected chi connectivity index (χ4v) is 5.92. The summed E-state index contributed by atoms with van der Waals surface area (Å²) in [5.41, 5.74) is 8.78. The Morgan fingerprint density at radius 3 is 1.54 bits per heavy atom. The Morgan fingerprint density at radius 1 is 0.462 bits per heavy atom. The van der Waals surface area contributed by atoms with Crippen LogP contribution in [-0.2, 0) is 10.6 Å². The van der Waals surface area contributed by atoms with E-state index < -0.39 is 5.41 Å². The fraction of sp³-hybridized carbons (Fsp3) is 0.0286. The molecule has 7 rings (SSSR count). The Morgan fingerprint density at radius 2 is 0.974 bits per heavy atom. The molecule has 185 valence electrons. The molecule has 0 saturated heterocycles. The van der Waals surface area contributed by atoms with Crippen LogP contribution in [0, 0.1) is 0 Å². The van der Waals surface area contributed by atoms with Crippen molar-refractivity contribution in [1.82, 2.24) is 9.97 Å². The lowest BCUT2D eigenvalue weighted by Gasteiger charge is -2.44. The van der Waals surface area contributed by atoms with Crippen molar-refractivity contribution in [3.63, 3.8) is 0 Å². The Kier molecular flexibility index (Phi) is 5.54. The predicted octanol–water partition coefficient (Wildman–Crippen LogP) is 7.99. The lowest BCUT2D eigenvalue weighted by atomic mass is 9.62. The third-order valence-corrected chi connectivity index (χ3v) is 7.68. The number of hydrogen-bond acceptors (Lipinski definition) is 3. The van der Waals surface area contributed by atoms with Gasteiger partial charge >= 0.3 is 0 Å². The van der Waals surface area contributed by atoms with E-state index in [1.165, 1.54) is 0 Å². The van der Waals surface area contributed by atoms with E-state index in [0.717, 1.165) is 49.6 Å². The van der Waals surface area contributed by atoms with Gasteiger partial charge in [0.15, 0.2) is 0 Å². The molecule has 0 fully saturated rings. The maximum Gasteiger partial charge on any atom is 0.0781 e. The average molecular weight is 503 g/mol. The second kappa shape index (κ2) is 9.35. The summed E-state index contributed by atoms with van der Waals surface area (Å²) in [4.78, 5) is 8.36. The van der Waals surface area contributed by atoms with Gasteiger partial charge in [-0.2, -0.15) is 5.06 Å². The highest BCUT2D eigenvalue weighted by Gasteiger charge is 2.46. The van der Waals surface area contributed by atoms with Gasteiger partial charge in [0, 0.05) is 24.8 Å². The van der Waals surface area contributed by atoms with E-state index in [1.807, 2.05) is 54.6 Å². The van der Waals surface area contributed by atoms with Gasteiger partial charge in [-0.1, -0.05) is 84.1 Å². The number of fused-ring (bicyclic) bond motifs is 2. The molecule has 0 unspecified atom stereocenters. The molecule has 2 aromatic heterocycles. The van der Waals surface area contributed by atoms with Gasteiger partial charge in [0.1, 0.15) is 0 Å². The van der Waals surface area contributed by atoms with Crippen molar-refractivity contribution in [2.75, 3.05) is 5.06 Å². The van der Waals surface area contributed by atoms with Gasteiger partial charge in [0.2, 0.25) is 0 Å². The summed E-state index contributed by atoms with van der Waals surface area (Å²) in [6, 6.07) is 41.4. The lowest BCUT2D eigenvalue weighted by Crippen LogP contribution is -2.37. The van der Waals surface area contributed by atoms with Crippen molar-refractivity contribution in [2.45, 2.75) is 5.41 Å². The molecule has 1 radical (unpaired) electrons. The van der Waals surface area contributed by atoms with Crippen LogP contribution in [0.1, 0.15) is 22.3 Å². The van der Waals surface area contributed by atoms with Crippen molar-refractivity contribution in [2.24, 2.45) is 0 Å². The van der Waals surface area contributed by atoms with Crippen LogP contribution in [0.2, 0.25) is 0 Å². The van der Waals surface area contributed by atoms with Crippen LogP contribution in [0.5, 0.6) is 0 Å². The zero-order valence-electron chi connectivity index (χ0n) is 21.1. The van der Waals surface area contributed by atoms with E-state index in [1.54, 1.807) is 24.8 Å². The van der Waals surface area contributed by atoms with Gasteiger partial charge < -0.3 is 0 Å². The monoisotopic (exact) mass is 502 g/mol. The fourth-order valence-electron chi connectivity index (χ4n) is 5.92. The van der Waals surface area contributed by atoms with Gasteiger partial charge in [-0.3, -0.25) is 9.97 Å². The first kappa shape index (κ1) is 23.1. The first-order valence-electron chi connectivity index (χ1n) is 12.9. The summed E-state index contributed by atoms with van der Waals surface area (Å²) in [6.45, 7) is 0. The van der Waals surface area contributed by atoms with Crippen molar-refractivity contribution in [1.29, 1.82) is 0 Å².